The van der Waals surface area contributed by atoms with Crippen LogP contribution in [-0.4, -0.2) is 46.6 Å². The average molecular weight is 317 g/mol. The molecule has 0 radical (unpaired) electrons. The molecule has 116 valence electrons. The first-order valence-corrected chi connectivity index (χ1v) is 8.34. The summed E-state index contributed by atoms with van der Waals surface area (Å²) in [6, 6.07) is 4.07. The smallest absolute Gasteiger partial charge is 0.223 e. The lowest BCUT2D eigenvalue weighted by molar-refractivity contribution is -0.139. The molecule has 1 amide bonds. The Labute approximate surface area is 134 Å². The molecule has 3 rings (SSSR count). The summed E-state index contributed by atoms with van der Waals surface area (Å²) in [7, 11) is 0. The monoisotopic (exact) mass is 317 g/mol. The van der Waals surface area contributed by atoms with Crippen molar-refractivity contribution < 1.29 is 9.53 Å². The molecule has 1 fully saturated rings. The van der Waals surface area contributed by atoms with Crippen molar-refractivity contribution in [3.8, 4) is 10.6 Å². The number of ether oxygens (including phenoxy) is 1. The number of aryl methyl sites for hydroxylation is 1. The molecule has 0 bridgehead atoms. The molecule has 0 aliphatic carbocycles. The molecule has 1 aliphatic heterocycles. The van der Waals surface area contributed by atoms with Gasteiger partial charge in [-0.25, -0.2) is 4.98 Å². The quantitative estimate of drug-likeness (QED) is 0.869. The van der Waals surface area contributed by atoms with Crippen molar-refractivity contribution in [2.75, 3.05) is 19.8 Å². The fourth-order valence-corrected chi connectivity index (χ4v) is 3.39. The lowest BCUT2D eigenvalue weighted by Crippen LogP contribution is -2.47. The third kappa shape index (κ3) is 3.51. The fourth-order valence-electron chi connectivity index (χ4n) is 2.53. The second-order valence-electron chi connectivity index (χ2n) is 5.39. The highest BCUT2D eigenvalue weighted by atomic mass is 32.1. The summed E-state index contributed by atoms with van der Waals surface area (Å²) in [5.74, 6) is 0.189. The molecule has 2 aromatic rings. The predicted octanol–water partition coefficient (Wildman–Crippen LogP) is 2.38. The maximum atomic E-state index is 12.3. The fraction of sp³-hybridized carbons (Fsp3) is 0.438. The van der Waals surface area contributed by atoms with Crippen LogP contribution in [0.5, 0.6) is 0 Å². The zero-order valence-electron chi connectivity index (χ0n) is 12.6. The number of hydrogen-bond acceptors (Lipinski definition) is 5. The summed E-state index contributed by atoms with van der Waals surface area (Å²) in [4.78, 5) is 22.8. The number of hydrogen-bond donors (Lipinski definition) is 0. The lowest BCUT2D eigenvalue weighted by atomic mass is 10.2. The van der Waals surface area contributed by atoms with E-state index in [4.69, 9.17) is 4.74 Å². The van der Waals surface area contributed by atoms with Gasteiger partial charge in [0.25, 0.3) is 0 Å². The van der Waals surface area contributed by atoms with Crippen molar-refractivity contribution in [1.29, 1.82) is 0 Å². The molecule has 1 saturated heterocycles. The van der Waals surface area contributed by atoms with E-state index >= 15 is 0 Å². The van der Waals surface area contributed by atoms with E-state index in [9.17, 15) is 4.79 Å². The number of carbonyl (C=O) groups is 1. The van der Waals surface area contributed by atoms with Gasteiger partial charge in [-0.3, -0.25) is 9.78 Å². The standard InChI is InChI=1S/C16H19N3O2S/c1-12-10-21-9-8-19(12)15(20)3-2-14-11-22-16(18-14)13-4-6-17-7-5-13/h4-7,11-12H,2-3,8-10H2,1H3. The minimum Gasteiger partial charge on any atom is -0.377 e. The number of morpholine rings is 1. The summed E-state index contributed by atoms with van der Waals surface area (Å²) in [6.45, 7) is 3.99. The summed E-state index contributed by atoms with van der Waals surface area (Å²) >= 11 is 1.61. The maximum absolute atomic E-state index is 12.3. The number of amides is 1. The highest BCUT2D eigenvalue weighted by molar-refractivity contribution is 7.13. The zero-order chi connectivity index (χ0) is 15.4. The van der Waals surface area contributed by atoms with Gasteiger partial charge in [0, 0.05) is 36.3 Å². The normalized spacial score (nSPS) is 18.4. The second-order valence-corrected chi connectivity index (χ2v) is 6.25. The average Bonchev–Trinajstić information content (AvgIpc) is 3.03. The number of rotatable bonds is 4. The van der Waals surface area contributed by atoms with E-state index in [1.807, 2.05) is 29.3 Å². The summed E-state index contributed by atoms with van der Waals surface area (Å²) in [5, 5.41) is 3.01. The first-order valence-electron chi connectivity index (χ1n) is 7.46. The number of nitrogens with zero attached hydrogens (tertiary/aromatic N) is 3. The molecule has 6 heteroatoms. The molecular formula is C16H19N3O2S. The topological polar surface area (TPSA) is 55.3 Å². The Morgan fingerprint density at radius 2 is 2.27 bits per heavy atom. The van der Waals surface area contributed by atoms with E-state index in [-0.39, 0.29) is 11.9 Å². The minimum absolute atomic E-state index is 0.170. The van der Waals surface area contributed by atoms with Crippen LogP contribution in [0.2, 0.25) is 0 Å². The van der Waals surface area contributed by atoms with E-state index in [0.717, 1.165) is 16.3 Å². The molecular weight excluding hydrogens is 298 g/mol. The van der Waals surface area contributed by atoms with Crippen LogP contribution < -0.4 is 0 Å². The number of thiazole rings is 1. The SMILES string of the molecule is CC1COCCN1C(=O)CCc1csc(-c2ccncc2)n1. The van der Waals surface area contributed by atoms with Gasteiger partial charge in [-0.05, 0) is 25.5 Å². The largest absolute Gasteiger partial charge is 0.377 e. The Morgan fingerprint density at radius 1 is 1.45 bits per heavy atom. The summed E-state index contributed by atoms with van der Waals surface area (Å²) in [6.07, 6.45) is 4.72. The van der Waals surface area contributed by atoms with Gasteiger partial charge < -0.3 is 9.64 Å². The van der Waals surface area contributed by atoms with Crippen molar-refractivity contribution >= 4 is 17.2 Å². The number of pyridine rings is 1. The molecule has 3 heterocycles. The summed E-state index contributed by atoms with van der Waals surface area (Å²) < 4.78 is 5.37. The van der Waals surface area contributed by atoms with Crippen molar-refractivity contribution in [3.05, 3.63) is 35.6 Å². The van der Waals surface area contributed by atoms with Crippen LogP contribution >= 0.6 is 11.3 Å². The van der Waals surface area contributed by atoms with Gasteiger partial charge in [0.2, 0.25) is 5.91 Å². The van der Waals surface area contributed by atoms with Gasteiger partial charge in [0.1, 0.15) is 5.01 Å². The number of aromatic nitrogens is 2. The van der Waals surface area contributed by atoms with Gasteiger partial charge in [-0.1, -0.05) is 0 Å². The highest BCUT2D eigenvalue weighted by Gasteiger charge is 2.23. The first-order chi connectivity index (χ1) is 10.7. The van der Waals surface area contributed by atoms with Gasteiger partial charge in [-0.15, -0.1) is 11.3 Å². The van der Waals surface area contributed by atoms with E-state index in [1.165, 1.54) is 0 Å². The van der Waals surface area contributed by atoms with Gasteiger partial charge in [0.15, 0.2) is 0 Å². The molecule has 1 aliphatic rings. The molecule has 5 nitrogen and oxygen atoms in total. The van der Waals surface area contributed by atoms with Crippen molar-refractivity contribution in [1.82, 2.24) is 14.9 Å². The third-order valence-electron chi connectivity index (χ3n) is 3.76. The first kappa shape index (κ1) is 15.1. The van der Waals surface area contributed by atoms with Crippen LogP contribution in [0.4, 0.5) is 0 Å². The summed E-state index contributed by atoms with van der Waals surface area (Å²) in [5.41, 5.74) is 2.05. The molecule has 22 heavy (non-hydrogen) atoms. The van der Waals surface area contributed by atoms with Crippen LogP contribution in [0, 0.1) is 0 Å². The van der Waals surface area contributed by atoms with Gasteiger partial charge in [0.05, 0.1) is 24.9 Å². The van der Waals surface area contributed by atoms with E-state index in [2.05, 4.69) is 9.97 Å². The second kappa shape index (κ2) is 6.98. The van der Waals surface area contributed by atoms with E-state index in [1.54, 1.807) is 23.7 Å². The molecule has 0 aromatic carbocycles. The number of carbonyl (C=O) groups excluding carboxylic acids is 1. The van der Waals surface area contributed by atoms with Gasteiger partial charge in [-0.2, -0.15) is 0 Å². The van der Waals surface area contributed by atoms with E-state index in [0.29, 0.717) is 32.6 Å². The molecule has 0 spiro atoms. The van der Waals surface area contributed by atoms with Crippen LogP contribution in [0.3, 0.4) is 0 Å². The Bertz CT molecular complexity index is 629. The van der Waals surface area contributed by atoms with E-state index < -0.39 is 0 Å². The minimum atomic E-state index is 0.170. The molecule has 0 N–H and O–H groups in total. The van der Waals surface area contributed by atoms with Crippen molar-refractivity contribution in [2.24, 2.45) is 0 Å². The Morgan fingerprint density at radius 3 is 3.05 bits per heavy atom. The van der Waals surface area contributed by atoms with Crippen molar-refractivity contribution in [2.45, 2.75) is 25.8 Å². The third-order valence-corrected chi connectivity index (χ3v) is 4.70. The predicted molar refractivity (Wildman–Crippen MR) is 85.7 cm³/mol. The Hall–Kier alpha value is -1.79. The lowest BCUT2D eigenvalue weighted by Gasteiger charge is -2.33. The molecule has 1 atom stereocenters. The Balaban J connectivity index is 1.58. The molecule has 2 aromatic heterocycles. The maximum Gasteiger partial charge on any atom is 0.223 e. The molecule has 1 unspecified atom stereocenters. The molecule has 0 saturated carbocycles. The van der Waals surface area contributed by atoms with Crippen LogP contribution in [0.1, 0.15) is 19.0 Å². The van der Waals surface area contributed by atoms with Crippen LogP contribution in [-0.2, 0) is 16.0 Å². The van der Waals surface area contributed by atoms with Gasteiger partial charge >= 0.3 is 0 Å². The van der Waals surface area contributed by atoms with Crippen LogP contribution in [0.15, 0.2) is 29.9 Å². The highest BCUT2D eigenvalue weighted by Crippen LogP contribution is 2.23. The van der Waals surface area contributed by atoms with Crippen molar-refractivity contribution in [3.63, 3.8) is 0 Å². The zero-order valence-corrected chi connectivity index (χ0v) is 13.4. The Kier molecular flexibility index (Phi) is 4.80. The van der Waals surface area contributed by atoms with Crippen LogP contribution in [0.25, 0.3) is 10.6 Å².